The molecular formula is C22H20F4N4O3S. The Hall–Kier alpha value is -3.12. The van der Waals surface area contributed by atoms with Crippen molar-refractivity contribution in [2.24, 2.45) is 0 Å². The van der Waals surface area contributed by atoms with Gasteiger partial charge in [-0.05, 0) is 26.0 Å². The number of carbonyl (C=O) groups is 1. The maximum absolute atomic E-state index is 15.3. The molecule has 0 bridgehead atoms. The minimum Gasteiger partial charge on any atom is -0.485 e. The van der Waals surface area contributed by atoms with Crippen LogP contribution < -0.4 is 10.1 Å². The molecule has 1 amide bonds. The van der Waals surface area contributed by atoms with Crippen LogP contribution in [0.25, 0.3) is 10.6 Å². The largest absolute Gasteiger partial charge is 0.485 e. The number of nitrogens with one attached hydrogen (secondary N) is 1. The molecule has 0 radical (unpaired) electrons. The fourth-order valence-corrected chi connectivity index (χ4v) is 4.08. The van der Waals surface area contributed by atoms with Crippen LogP contribution in [0, 0.1) is 12.7 Å². The molecule has 34 heavy (non-hydrogen) atoms. The average Bonchev–Trinajstić information content (AvgIpc) is 3.46. The van der Waals surface area contributed by atoms with Crippen molar-refractivity contribution in [1.29, 1.82) is 0 Å². The molecule has 1 unspecified atom stereocenters. The fraction of sp³-hybridized carbons (Fsp3) is 0.364. The molecule has 2 atom stereocenters. The van der Waals surface area contributed by atoms with E-state index >= 15 is 4.39 Å². The number of benzene rings is 1. The molecule has 0 spiro atoms. The quantitative estimate of drug-likeness (QED) is 0.497. The first-order valence-electron chi connectivity index (χ1n) is 10.3. The molecule has 0 saturated carbocycles. The number of amides is 1. The molecule has 4 rings (SSSR count). The van der Waals surface area contributed by atoms with Gasteiger partial charge in [0.1, 0.15) is 11.1 Å². The van der Waals surface area contributed by atoms with E-state index in [4.69, 9.17) is 9.47 Å². The highest BCUT2D eigenvalue weighted by molar-refractivity contribution is 7.14. The van der Waals surface area contributed by atoms with Gasteiger partial charge in [0, 0.05) is 41.0 Å². The zero-order valence-corrected chi connectivity index (χ0v) is 19.0. The summed E-state index contributed by atoms with van der Waals surface area (Å²) in [5.41, 5.74) is 0.502. The minimum absolute atomic E-state index is 0.100. The normalized spacial score (nSPS) is 16.9. The lowest BCUT2D eigenvalue weighted by atomic mass is 10.1. The van der Waals surface area contributed by atoms with Crippen LogP contribution in [0.4, 0.5) is 17.6 Å². The predicted molar refractivity (Wildman–Crippen MR) is 115 cm³/mol. The molecule has 1 aliphatic heterocycles. The SMILES string of the molecule is Cc1cnc(-c2cc(C(=O)N[C@H](C)c3cnc(C(F)(F)F)nc3)cc(OC3CCOC3)c2F)s1. The molecule has 180 valence electrons. The van der Waals surface area contributed by atoms with E-state index in [-0.39, 0.29) is 28.5 Å². The van der Waals surface area contributed by atoms with Crippen LogP contribution in [-0.4, -0.2) is 40.2 Å². The first-order valence-corrected chi connectivity index (χ1v) is 11.1. The lowest BCUT2D eigenvalue weighted by Gasteiger charge is -2.17. The van der Waals surface area contributed by atoms with Gasteiger partial charge >= 0.3 is 6.18 Å². The number of thiazole rings is 1. The number of nitrogens with zero attached hydrogens (tertiary/aromatic N) is 3. The van der Waals surface area contributed by atoms with Gasteiger partial charge in [-0.2, -0.15) is 13.2 Å². The summed E-state index contributed by atoms with van der Waals surface area (Å²) in [4.78, 5) is 24.7. The van der Waals surface area contributed by atoms with E-state index in [1.165, 1.54) is 23.5 Å². The van der Waals surface area contributed by atoms with Crippen molar-refractivity contribution >= 4 is 17.2 Å². The van der Waals surface area contributed by atoms with E-state index in [0.717, 1.165) is 17.3 Å². The molecule has 3 heterocycles. The molecule has 0 aliphatic carbocycles. The third kappa shape index (κ3) is 5.33. The summed E-state index contributed by atoms with van der Waals surface area (Å²) in [6, 6.07) is 1.96. The minimum atomic E-state index is -4.66. The monoisotopic (exact) mass is 496 g/mol. The summed E-state index contributed by atoms with van der Waals surface area (Å²) in [6.07, 6.45) is -0.809. The van der Waals surface area contributed by atoms with Crippen molar-refractivity contribution in [3.05, 3.63) is 58.4 Å². The Balaban J connectivity index is 1.60. The molecule has 1 saturated heterocycles. The summed E-state index contributed by atoms with van der Waals surface area (Å²) in [7, 11) is 0. The highest BCUT2D eigenvalue weighted by atomic mass is 32.1. The molecule has 7 nitrogen and oxygen atoms in total. The maximum Gasteiger partial charge on any atom is 0.451 e. The third-order valence-electron chi connectivity index (χ3n) is 5.11. The van der Waals surface area contributed by atoms with Gasteiger partial charge in [0.15, 0.2) is 11.6 Å². The summed E-state index contributed by atoms with van der Waals surface area (Å²) in [5, 5.41) is 3.07. The van der Waals surface area contributed by atoms with E-state index < -0.39 is 29.8 Å². The highest BCUT2D eigenvalue weighted by Crippen LogP contribution is 2.34. The Bertz CT molecular complexity index is 1180. The standard InChI is InChI=1S/C22H20F4N4O3S/c1-11-7-27-20(34-11)16-5-13(6-17(18(16)23)33-15-3-4-32-10-15)19(31)30-12(2)14-8-28-21(29-9-14)22(24,25)26/h5-9,12,15H,3-4,10H2,1-2H3,(H,30,31)/t12-,15?/m1/s1. The zero-order valence-electron chi connectivity index (χ0n) is 18.1. The number of hydrogen-bond acceptors (Lipinski definition) is 7. The van der Waals surface area contributed by atoms with Crippen molar-refractivity contribution in [2.45, 2.75) is 38.6 Å². The molecule has 1 N–H and O–H groups in total. The van der Waals surface area contributed by atoms with Gasteiger partial charge in [-0.15, -0.1) is 11.3 Å². The van der Waals surface area contributed by atoms with Gasteiger partial charge in [0.25, 0.3) is 5.91 Å². The Morgan fingerprint density at radius 1 is 1.24 bits per heavy atom. The molecule has 12 heteroatoms. The Kier molecular flexibility index (Phi) is 6.80. The second-order valence-corrected chi connectivity index (χ2v) is 8.98. The fourth-order valence-electron chi connectivity index (χ4n) is 3.31. The number of alkyl halides is 3. The Morgan fingerprint density at radius 3 is 2.56 bits per heavy atom. The topological polar surface area (TPSA) is 86.2 Å². The average molecular weight is 496 g/mol. The molecule has 1 fully saturated rings. The van der Waals surface area contributed by atoms with Gasteiger partial charge in [0.05, 0.1) is 24.8 Å². The maximum atomic E-state index is 15.3. The zero-order chi connectivity index (χ0) is 24.5. The summed E-state index contributed by atoms with van der Waals surface area (Å²) in [5.74, 6) is -2.58. The summed E-state index contributed by atoms with van der Waals surface area (Å²) < 4.78 is 64.4. The van der Waals surface area contributed by atoms with Crippen molar-refractivity contribution in [3.63, 3.8) is 0 Å². The van der Waals surface area contributed by atoms with Gasteiger partial charge in [-0.1, -0.05) is 0 Å². The Morgan fingerprint density at radius 2 is 1.97 bits per heavy atom. The lowest BCUT2D eigenvalue weighted by Crippen LogP contribution is -2.27. The first kappa shape index (κ1) is 24.0. The number of hydrogen-bond donors (Lipinski definition) is 1. The third-order valence-corrected chi connectivity index (χ3v) is 6.05. The van der Waals surface area contributed by atoms with Crippen molar-refractivity contribution in [3.8, 4) is 16.3 Å². The van der Waals surface area contributed by atoms with Crippen molar-refractivity contribution < 1.29 is 31.8 Å². The van der Waals surface area contributed by atoms with Crippen LogP contribution in [-0.2, 0) is 10.9 Å². The van der Waals surface area contributed by atoms with Crippen LogP contribution in [0.1, 0.15) is 46.0 Å². The molecular weight excluding hydrogens is 476 g/mol. The highest BCUT2D eigenvalue weighted by Gasteiger charge is 2.34. The molecule has 3 aromatic rings. The molecule has 1 aromatic carbocycles. The second-order valence-electron chi connectivity index (χ2n) is 7.75. The van der Waals surface area contributed by atoms with Crippen LogP contribution >= 0.6 is 11.3 Å². The van der Waals surface area contributed by atoms with Gasteiger partial charge in [-0.3, -0.25) is 4.79 Å². The second kappa shape index (κ2) is 9.63. The summed E-state index contributed by atoms with van der Waals surface area (Å²) in [6.45, 7) is 4.21. The van der Waals surface area contributed by atoms with E-state index in [9.17, 15) is 18.0 Å². The number of rotatable bonds is 6. The van der Waals surface area contributed by atoms with Crippen molar-refractivity contribution in [2.75, 3.05) is 13.2 Å². The molecule has 1 aliphatic rings. The number of ether oxygens (including phenoxy) is 2. The van der Waals surface area contributed by atoms with E-state index in [0.29, 0.717) is 24.6 Å². The first-order chi connectivity index (χ1) is 16.1. The van der Waals surface area contributed by atoms with Crippen LogP contribution in [0.15, 0.2) is 30.7 Å². The van der Waals surface area contributed by atoms with E-state index in [2.05, 4.69) is 20.3 Å². The van der Waals surface area contributed by atoms with E-state index in [1.807, 2.05) is 6.92 Å². The molecule has 2 aromatic heterocycles. The smallest absolute Gasteiger partial charge is 0.451 e. The van der Waals surface area contributed by atoms with Crippen molar-refractivity contribution in [1.82, 2.24) is 20.3 Å². The van der Waals surface area contributed by atoms with E-state index in [1.54, 1.807) is 13.1 Å². The predicted octanol–water partition coefficient (Wildman–Crippen LogP) is 4.73. The van der Waals surface area contributed by atoms with Crippen LogP contribution in [0.5, 0.6) is 5.75 Å². The van der Waals surface area contributed by atoms with Crippen LogP contribution in [0.3, 0.4) is 0 Å². The number of halogens is 4. The number of carbonyl (C=O) groups excluding carboxylic acids is 1. The summed E-state index contributed by atoms with van der Waals surface area (Å²) >= 11 is 1.27. The van der Waals surface area contributed by atoms with Gasteiger partial charge in [-0.25, -0.2) is 19.3 Å². The van der Waals surface area contributed by atoms with Crippen LogP contribution in [0.2, 0.25) is 0 Å². The lowest BCUT2D eigenvalue weighted by molar-refractivity contribution is -0.145. The Labute approximate surface area is 196 Å². The van der Waals surface area contributed by atoms with Gasteiger partial charge in [0.2, 0.25) is 5.82 Å². The van der Waals surface area contributed by atoms with Gasteiger partial charge < -0.3 is 14.8 Å². The number of aromatic nitrogens is 3. The number of aryl methyl sites for hydroxylation is 1.